The Hall–Kier alpha value is -2.37. The van der Waals surface area contributed by atoms with Crippen LogP contribution in [-0.2, 0) is 0 Å². The quantitative estimate of drug-likeness (QED) is 0.288. The van der Waals surface area contributed by atoms with Crippen molar-refractivity contribution in [1.29, 1.82) is 0 Å². The lowest BCUT2D eigenvalue weighted by atomic mass is 10.3. The van der Waals surface area contributed by atoms with Gasteiger partial charge in [-0.05, 0) is 19.3 Å². The number of aliphatic imine (C=N–C) groups is 1. The minimum Gasteiger partial charge on any atom is -0.496 e. The van der Waals surface area contributed by atoms with Gasteiger partial charge in [-0.2, -0.15) is 0 Å². The van der Waals surface area contributed by atoms with Gasteiger partial charge >= 0.3 is 0 Å². The highest BCUT2D eigenvalue weighted by molar-refractivity contribution is 5.79. The summed E-state index contributed by atoms with van der Waals surface area (Å²) in [6.45, 7) is 6.08. The van der Waals surface area contributed by atoms with Crippen LogP contribution in [0.1, 0.15) is 19.3 Å². The van der Waals surface area contributed by atoms with Crippen LogP contribution in [0.3, 0.4) is 0 Å². The normalized spacial score (nSPS) is 11.0. The third kappa shape index (κ3) is 7.83. The maximum atomic E-state index is 5.78. The van der Waals surface area contributed by atoms with Crippen LogP contribution in [0.4, 0.5) is 0 Å². The monoisotopic (exact) mass is 349 g/mol. The molecule has 0 aliphatic carbocycles. The van der Waals surface area contributed by atoms with Gasteiger partial charge in [0.05, 0.1) is 20.8 Å². The number of benzene rings is 1. The molecule has 0 saturated heterocycles. The average Bonchev–Trinajstić information content (AvgIpc) is 2.64. The van der Waals surface area contributed by atoms with Crippen LogP contribution in [0.2, 0.25) is 0 Å². The lowest BCUT2D eigenvalue weighted by Gasteiger charge is -2.21. The predicted molar refractivity (Wildman–Crippen MR) is 103 cm³/mol. The van der Waals surface area contributed by atoms with Gasteiger partial charge in [-0.15, -0.1) is 6.58 Å². The summed E-state index contributed by atoms with van der Waals surface area (Å²) in [5.74, 6) is 3.07. The number of nitrogens with one attached hydrogen (secondary N) is 1. The maximum absolute atomic E-state index is 5.78. The van der Waals surface area contributed by atoms with Gasteiger partial charge in [-0.3, -0.25) is 4.99 Å². The number of unbranched alkanes of at least 4 members (excludes halogenated alkanes) is 1. The van der Waals surface area contributed by atoms with E-state index >= 15 is 0 Å². The van der Waals surface area contributed by atoms with Crippen LogP contribution in [0.5, 0.6) is 17.2 Å². The SMILES string of the molecule is C=CCCCN(C)C(=NC)NCCCOc1cc(OC)cc(OC)c1. The molecule has 6 nitrogen and oxygen atoms in total. The van der Waals surface area contributed by atoms with Crippen molar-refractivity contribution in [3.63, 3.8) is 0 Å². The molecule has 0 aromatic heterocycles. The lowest BCUT2D eigenvalue weighted by Crippen LogP contribution is -2.40. The molecule has 1 aromatic carbocycles. The number of ether oxygens (including phenoxy) is 3. The molecule has 0 fully saturated rings. The molecule has 0 radical (unpaired) electrons. The van der Waals surface area contributed by atoms with Crippen LogP contribution < -0.4 is 19.5 Å². The van der Waals surface area contributed by atoms with E-state index in [1.54, 1.807) is 21.3 Å². The van der Waals surface area contributed by atoms with Gasteiger partial charge in [0.2, 0.25) is 0 Å². The molecule has 6 heteroatoms. The molecule has 0 amide bonds. The highest BCUT2D eigenvalue weighted by Crippen LogP contribution is 2.27. The number of allylic oxidation sites excluding steroid dienone is 1. The first kappa shape index (κ1) is 20.7. The Morgan fingerprint density at radius 2 is 1.80 bits per heavy atom. The third-order valence-corrected chi connectivity index (χ3v) is 3.67. The molecule has 0 aliphatic heterocycles. The summed E-state index contributed by atoms with van der Waals surface area (Å²) in [6, 6.07) is 5.52. The molecule has 140 valence electrons. The smallest absolute Gasteiger partial charge is 0.193 e. The zero-order valence-electron chi connectivity index (χ0n) is 15.9. The maximum Gasteiger partial charge on any atom is 0.193 e. The first-order chi connectivity index (χ1) is 12.1. The summed E-state index contributed by atoms with van der Waals surface area (Å²) in [7, 11) is 7.09. The molecule has 1 aromatic rings. The van der Waals surface area contributed by atoms with E-state index in [9.17, 15) is 0 Å². The number of hydrogen-bond donors (Lipinski definition) is 1. The summed E-state index contributed by atoms with van der Waals surface area (Å²) in [4.78, 5) is 6.42. The van der Waals surface area contributed by atoms with Crippen molar-refractivity contribution in [3.8, 4) is 17.2 Å². The van der Waals surface area contributed by atoms with Crippen molar-refractivity contribution >= 4 is 5.96 Å². The summed E-state index contributed by atoms with van der Waals surface area (Å²) in [5.41, 5.74) is 0. The van der Waals surface area contributed by atoms with E-state index in [1.165, 1.54) is 0 Å². The van der Waals surface area contributed by atoms with E-state index in [4.69, 9.17) is 14.2 Å². The Balaban J connectivity index is 2.34. The van der Waals surface area contributed by atoms with Gasteiger partial charge in [-0.1, -0.05) is 6.08 Å². The molecule has 0 heterocycles. The molecule has 0 bridgehead atoms. The summed E-state index contributed by atoms with van der Waals surface area (Å²) in [6.07, 6.45) is 4.88. The molecular formula is C19H31N3O3. The van der Waals surface area contributed by atoms with Crippen LogP contribution in [0.15, 0.2) is 35.8 Å². The second-order valence-electron chi connectivity index (χ2n) is 5.58. The van der Waals surface area contributed by atoms with Crippen molar-refractivity contribution in [2.75, 3.05) is 48.0 Å². The fourth-order valence-corrected chi connectivity index (χ4v) is 2.29. The average molecular weight is 349 g/mol. The second kappa shape index (κ2) is 12.1. The van der Waals surface area contributed by atoms with Crippen LogP contribution >= 0.6 is 0 Å². The predicted octanol–water partition coefficient (Wildman–Crippen LogP) is 2.95. The van der Waals surface area contributed by atoms with Gasteiger partial charge in [0.25, 0.3) is 0 Å². The van der Waals surface area contributed by atoms with Gasteiger partial charge in [-0.25, -0.2) is 0 Å². The van der Waals surface area contributed by atoms with E-state index in [0.29, 0.717) is 18.1 Å². The van der Waals surface area contributed by atoms with Crippen LogP contribution in [0, 0.1) is 0 Å². The van der Waals surface area contributed by atoms with E-state index in [0.717, 1.165) is 44.1 Å². The minimum absolute atomic E-state index is 0.598. The van der Waals surface area contributed by atoms with E-state index in [-0.39, 0.29) is 0 Å². The number of guanidine groups is 1. The van der Waals surface area contributed by atoms with Crippen molar-refractivity contribution in [2.45, 2.75) is 19.3 Å². The highest BCUT2D eigenvalue weighted by atomic mass is 16.5. The number of methoxy groups -OCH3 is 2. The number of rotatable bonds is 11. The zero-order valence-corrected chi connectivity index (χ0v) is 15.9. The van der Waals surface area contributed by atoms with Crippen LogP contribution in [0.25, 0.3) is 0 Å². The van der Waals surface area contributed by atoms with Gasteiger partial charge in [0.1, 0.15) is 17.2 Å². The van der Waals surface area contributed by atoms with Crippen molar-refractivity contribution < 1.29 is 14.2 Å². The van der Waals surface area contributed by atoms with E-state index < -0.39 is 0 Å². The first-order valence-corrected chi connectivity index (χ1v) is 8.53. The Labute approximate surface area is 151 Å². The Morgan fingerprint density at radius 3 is 2.36 bits per heavy atom. The fourth-order valence-electron chi connectivity index (χ4n) is 2.29. The molecule has 25 heavy (non-hydrogen) atoms. The lowest BCUT2D eigenvalue weighted by molar-refractivity contribution is 0.304. The molecule has 0 atom stereocenters. The van der Waals surface area contributed by atoms with Crippen LogP contribution in [-0.4, -0.2) is 58.9 Å². The van der Waals surface area contributed by atoms with Crippen molar-refractivity contribution in [1.82, 2.24) is 10.2 Å². The summed E-state index contributed by atoms with van der Waals surface area (Å²) >= 11 is 0. The zero-order chi connectivity index (χ0) is 18.5. The third-order valence-electron chi connectivity index (χ3n) is 3.67. The Kier molecular flexibility index (Phi) is 9.97. The topological polar surface area (TPSA) is 55.3 Å². The number of hydrogen-bond acceptors (Lipinski definition) is 4. The van der Waals surface area contributed by atoms with Gasteiger partial charge in [0, 0.05) is 45.4 Å². The number of nitrogens with zero attached hydrogens (tertiary/aromatic N) is 2. The highest BCUT2D eigenvalue weighted by Gasteiger charge is 2.05. The summed E-state index contributed by atoms with van der Waals surface area (Å²) in [5, 5.41) is 3.35. The standard InChI is InChI=1S/C19H31N3O3/c1-6-7-8-11-22(3)19(20-2)21-10-9-12-25-18-14-16(23-4)13-17(15-18)24-5/h6,13-15H,1,7-12H2,2-5H3,(H,20,21). The Bertz CT molecular complexity index is 524. The molecular weight excluding hydrogens is 318 g/mol. The van der Waals surface area contributed by atoms with Crippen molar-refractivity contribution in [3.05, 3.63) is 30.9 Å². The summed E-state index contributed by atoms with van der Waals surface area (Å²) < 4.78 is 16.3. The first-order valence-electron chi connectivity index (χ1n) is 8.53. The molecule has 0 aliphatic rings. The Morgan fingerprint density at radius 1 is 1.16 bits per heavy atom. The molecule has 0 spiro atoms. The second-order valence-corrected chi connectivity index (χ2v) is 5.58. The van der Waals surface area contributed by atoms with E-state index in [2.05, 4.69) is 21.8 Å². The fraction of sp³-hybridized carbons (Fsp3) is 0.526. The molecule has 1 rings (SSSR count). The largest absolute Gasteiger partial charge is 0.496 e. The minimum atomic E-state index is 0.598. The molecule has 1 N–H and O–H groups in total. The molecule has 0 saturated carbocycles. The van der Waals surface area contributed by atoms with Gasteiger partial charge in [0.15, 0.2) is 5.96 Å². The molecule has 0 unspecified atom stereocenters. The van der Waals surface area contributed by atoms with E-state index in [1.807, 2.05) is 31.3 Å². The van der Waals surface area contributed by atoms with Crippen molar-refractivity contribution in [2.24, 2.45) is 4.99 Å². The van der Waals surface area contributed by atoms with Gasteiger partial charge < -0.3 is 24.4 Å².